The minimum atomic E-state index is 0.0655. The molecule has 0 aliphatic carbocycles. The van der Waals surface area contributed by atoms with Crippen molar-refractivity contribution in [3.05, 3.63) is 59.4 Å². The van der Waals surface area contributed by atoms with Gasteiger partial charge in [-0.1, -0.05) is 0 Å². The molecule has 0 atom stereocenters. The Labute approximate surface area is 125 Å². The molecule has 1 aromatic carbocycles. The van der Waals surface area contributed by atoms with Gasteiger partial charge in [0, 0.05) is 36.6 Å². The maximum atomic E-state index is 11.5. The van der Waals surface area contributed by atoms with Crippen LogP contribution in [0.4, 0.5) is 0 Å². The second kappa shape index (κ2) is 6.99. The van der Waals surface area contributed by atoms with Gasteiger partial charge in [-0.2, -0.15) is 0 Å². The highest BCUT2D eigenvalue weighted by molar-refractivity contribution is 5.94. The summed E-state index contributed by atoms with van der Waals surface area (Å²) in [4.78, 5) is 17.7. The van der Waals surface area contributed by atoms with Gasteiger partial charge >= 0.3 is 0 Å². The standard InChI is InChI=1S/C17H20N2O2/c1-13(20)15-4-5-17(21-3)16(10-15)12-19(2)11-14-6-8-18-9-7-14/h4-10H,11-12H2,1-3H3. The number of Topliss-reactive ketones (excluding diaryl/α,β-unsaturated/α-hetero) is 1. The fourth-order valence-electron chi connectivity index (χ4n) is 2.27. The molecule has 1 aromatic heterocycles. The average Bonchev–Trinajstić information content (AvgIpc) is 2.48. The van der Waals surface area contributed by atoms with Gasteiger partial charge in [0.25, 0.3) is 0 Å². The smallest absolute Gasteiger partial charge is 0.159 e. The summed E-state index contributed by atoms with van der Waals surface area (Å²) >= 11 is 0. The largest absolute Gasteiger partial charge is 0.496 e. The number of pyridine rings is 1. The molecule has 21 heavy (non-hydrogen) atoms. The first-order chi connectivity index (χ1) is 10.1. The summed E-state index contributed by atoms with van der Waals surface area (Å²) in [6.45, 7) is 3.11. The van der Waals surface area contributed by atoms with E-state index in [2.05, 4.69) is 9.88 Å². The molecule has 0 bridgehead atoms. The molecule has 0 aliphatic rings. The fraction of sp³-hybridized carbons (Fsp3) is 0.294. The van der Waals surface area contributed by atoms with Crippen molar-refractivity contribution in [3.63, 3.8) is 0 Å². The van der Waals surface area contributed by atoms with Gasteiger partial charge < -0.3 is 4.74 Å². The Morgan fingerprint density at radius 3 is 2.52 bits per heavy atom. The van der Waals surface area contributed by atoms with Gasteiger partial charge in [-0.05, 0) is 49.9 Å². The normalized spacial score (nSPS) is 10.7. The van der Waals surface area contributed by atoms with E-state index in [9.17, 15) is 4.79 Å². The highest BCUT2D eigenvalue weighted by Crippen LogP contribution is 2.22. The monoisotopic (exact) mass is 284 g/mol. The Hall–Kier alpha value is -2.20. The molecule has 0 N–H and O–H groups in total. The first-order valence-electron chi connectivity index (χ1n) is 6.85. The zero-order chi connectivity index (χ0) is 15.2. The lowest BCUT2D eigenvalue weighted by Crippen LogP contribution is -2.18. The molecule has 2 rings (SSSR count). The van der Waals surface area contributed by atoms with Gasteiger partial charge in [0.2, 0.25) is 0 Å². The number of hydrogen-bond donors (Lipinski definition) is 0. The molecule has 0 amide bonds. The lowest BCUT2D eigenvalue weighted by molar-refractivity contribution is 0.101. The molecule has 0 saturated carbocycles. The van der Waals surface area contributed by atoms with Crippen LogP contribution in [0.25, 0.3) is 0 Å². The van der Waals surface area contributed by atoms with Crippen LogP contribution in [0.2, 0.25) is 0 Å². The Morgan fingerprint density at radius 2 is 1.90 bits per heavy atom. The van der Waals surface area contributed by atoms with Crippen molar-refractivity contribution in [1.82, 2.24) is 9.88 Å². The topological polar surface area (TPSA) is 42.4 Å². The summed E-state index contributed by atoms with van der Waals surface area (Å²) in [5.41, 5.74) is 2.93. The highest BCUT2D eigenvalue weighted by Gasteiger charge is 2.10. The van der Waals surface area contributed by atoms with E-state index in [4.69, 9.17) is 4.74 Å². The number of ether oxygens (including phenoxy) is 1. The van der Waals surface area contributed by atoms with Crippen molar-refractivity contribution in [3.8, 4) is 5.75 Å². The quantitative estimate of drug-likeness (QED) is 0.765. The molecule has 2 aromatic rings. The maximum absolute atomic E-state index is 11.5. The van der Waals surface area contributed by atoms with Crippen molar-refractivity contribution < 1.29 is 9.53 Å². The van der Waals surface area contributed by atoms with E-state index in [-0.39, 0.29) is 5.78 Å². The van der Waals surface area contributed by atoms with E-state index in [0.29, 0.717) is 12.1 Å². The van der Waals surface area contributed by atoms with E-state index in [1.54, 1.807) is 32.5 Å². The molecular formula is C17H20N2O2. The highest BCUT2D eigenvalue weighted by atomic mass is 16.5. The summed E-state index contributed by atoms with van der Waals surface area (Å²) in [5, 5.41) is 0. The van der Waals surface area contributed by atoms with E-state index >= 15 is 0 Å². The number of methoxy groups -OCH3 is 1. The number of rotatable bonds is 6. The SMILES string of the molecule is COc1ccc(C(C)=O)cc1CN(C)Cc1ccncc1. The van der Waals surface area contributed by atoms with Crippen LogP contribution in [0.1, 0.15) is 28.4 Å². The molecule has 110 valence electrons. The van der Waals surface area contributed by atoms with Crippen molar-refractivity contribution in [2.45, 2.75) is 20.0 Å². The minimum absolute atomic E-state index is 0.0655. The van der Waals surface area contributed by atoms with Crippen molar-refractivity contribution in [1.29, 1.82) is 0 Å². The number of aromatic nitrogens is 1. The third-order valence-electron chi connectivity index (χ3n) is 3.33. The Morgan fingerprint density at radius 1 is 1.19 bits per heavy atom. The molecule has 4 heteroatoms. The first-order valence-corrected chi connectivity index (χ1v) is 6.85. The van der Waals surface area contributed by atoms with Gasteiger partial charge in [-0.25, -0.2) is 0 Å². The van der Waals surface area contributed by atoms with E-state index in [1.807, 2.05) is 31.3 Å². The molecule has 0 radical (unpaired) electrons. The predicted molar refractivity (Wildman–Crippen MR) is 82.4 cm³/mol. The number of nitrogens with zero attached hydrogens (tertiary/aromatic N) is 2. The number of hydrogen-bond acceptors (Lipinski definition) is 4. The number of carbonyl (C=O) groups excluding carboxylic acids is 1. The Kier molecular flexibility index (Phi) is 5.06. The number of benzene rings is 1. The van der Waals surface area contributed by atoms with Crippen LogP contribution in [0.3, 0.4) is 0 Å². The number of ketones is 1. The van der Waals surface area contributed by atoms with Gasteiger partial charge in [-0.15, -0.1) is 0 Å². The van der Waals surface area contributed by atoms with Gasteiger partial charge in [0.1, 0.15) is 5.75 Å². The molecular weight excluding hydrogens is 264 g/mol. The van der Waals surface area contributed by atoms with E-state index in [1.165, 1.54) is 5.56 Å². The summed E-state index contributed by atoms with van der Waals surface area (Å²) in [5.74, 6) is 0.872. The van der Waals surface area contributed by atoms with Crippen LogP contribution in [0, 0.1) is 0 Å². The Balaban J connectivity index is 2.13. The third-order valence-corrected chi connectivity index (χ3v) is 3.33. The zero-order valence-electron chi connectivity index (χ0n) is 12.7. The fourth-order valence-corrected chi connectivity index (χ4v) is 2.27. The molecule has 0 spiro atoms. The summed E-state index contributed by atoms with van der Waals surface area (Å²) in [6, 6.07) is 9.56. The average molecular weight is 284 g/mol. The predicted octanol–water partition coefficient (Wildman–Crippen LogP) is 2.92. The summed E-state index contributed by atoms with van der Waals surface area (Å²) in [6.07, 6.45) is 3.58. The number of carbonyl (C=O) groups is 1. The second-order valence-electron chi connectivity index (χ2n) is 5.11. The summed E-state index contributed by atoms with van der Waals surface area (Å²) < 4.78 is 5.38. The van der Waals surface area contributed by atoms with Gasteiger partial charge in [0.15, 0.2) is 5.78 Å². The van der Waals surface area contributed by atoms with E-state index in [0.717, 1.165) is 17.9 Å². The van der Waals surface area contributed by atoms with Gasteiger partial charge in [-0.3, -0.25) is 14.7 Å². The lowest BCUT2D eigenvalue weighted by Gasteiger charge is -2.19. The van der Waals surface area contributed by atoms with Crippen LogP contribution in [-0.2, 0) is 13.1 Å². The maximum Gasteiger partial charge on any atom is 0.159 e. The molecule has 0 aliphatic heterocycles. The molecule has 0 unspecified atom stereocenters. The molecule has 1 heterocycles. The minimum Gasteiger partial charge on any atom is -0.496 e. The second-order valence-corrected chi connectivity index (χ2v) is 5.11. The van der Waals surface area contributed by atoms with Gasteiger partial charge in [0.05, 0.1) is 7.11 Å². The van der Waals surface area contributed by atoms with Crippen molar-refractivity contribution in [2.24, 2.45) is 0 Å². The van der Waals surface area contributed by atoms with Crippen LogP contribution < -0.4 is 4.74 Å². The summed E-state index contributed by atoms with van der Waals surface area (Å²) in [7, 11) is 3.69. The van der Waals surface area contributed by atoms with Crippen molar-refractivity contribution >= 4 is 5.78 Å². The molecule has 0 fully saturated rings. The van der Waals surface area contributed by atoms with Crippen LogP contribution >= 0.6 is 0 Å². The third kappa shape index (κ3) is 4.13. The van der Waals surface area contributed by atoms with Crippen LogP contribution in [0.15, 0.2) is 42.7 Å². The van der Waals surface area contributed by atoms with E-state index < -0.39 is 0 Å². The first kappa shape index (κ1) is 15.2. The van der Waals surface area contributed by atoms with Crippen LogP contribution in [-0.4, -0.2) is 29.8 Å². The molecule has 0 saturated heterocycles. The lowest BCUT2D eigenvalue weighted by atomic mass is 10.1. The molecule has 4 nitrogen and oxygen atoms in total. The van der Waals surface area contributed by atoms with Crippen LogP contribution in [0.5, 0.6) is 5.75 Å². The Bertz CT molecular complexity index is 611. The zero-order valence-corrected chi connectivity index (χ0v) is 12.7. The van der Waals surface area contributed by atoms with Crippen molar-refractivity contribution in [2.75, 3.05) is 14.2 Å².